The second-order valence-corrected chi connectivity index (χ2v) is 7.47. The van der Waals surface area contributed by atoms with Gasteiger partial charge in [0.05, 0.1) is 28.8 Å². The number of carbonyl (C=O) groups is 1. The Morgan fingerprint density at radius 2 is 1.76 bits per heavy atom. The highest BCUT2D eigenvalue weighted by molar-refractivity contribution is 7.81. The molecule has 0 N–H and O–H groups in total. The molecule has 29 heavy (non-hydrogen) atoms. The number of aryl methyl sites for hydroxylation is 1. The van der Waals surface area contributed by atoms with E-state index in [1.807, 2.05) is 19.1 Å². The number of amides is 1. The smallest absolute Gasteiger partial charge is 0.302 e. The van der Waals surface area contributed by atoms with Crippen LogP contribution in [0.5, 0.6) is 0 Å². The molecule has 2 aromatic carbocycles. The quantitative estimate of drug-likeness (QED) is 0.499. The summed E-state index contributed by atoms with van der Waals surface area (Å²) in [5, 5.41) is 9.01. The van der Waals surface area contributed by atoms with Gasteiger partial charge in [0.1, 0.15) is 5.54 Å². The number of hydrogen-bond donors (Lipinski definition) is 0. The fourth-order valence-electron chi connectivity index (χ4n) is 3.17. The first-order valence-electron chi connectivity index (χ1n) is 8.47. The zero-order valence-electron chi connectivity index (χ0n) is 15.4. The Morgan fingerprint density at radius 1 is 1.17 bits per heavy atom. The van der Waals surface area contributed by atoms with Gasteiger partial charge in [-0.15, -0.1) is 11.6 Å². The molecular formula is C20H15ClF3N3OS. The van der Waals surface area contributed by atoms with Crippen molar-refractivity contribution in [2.45, 2.75) is 25.6 Å². The third kappa shape index (κ3) is 3.45. The van der Waals surface area contributed by atoms with Crippen LogP contribution in [-0.2, 0) is 11.0 Å². The highest BCUT2D eigenvalue weighted by Gasteiger charge is 2.53. The molecule has 0 spiro atoms. The lowest BCUT2D eigenvalue weighted by Crippen LogP contribution is -2.49. The molecule has 1 heterocycles. The molecule has 1 saturated heterocycles. The highest BCUT2D eigenvalue weighted by atomic mass is 35.5. The predicted molar refractivity (Wildman–Crippen MR) is 109 cm³/mol. The number of anilines is 2. The van der Waals surface area contributed by atoms with Crippen LogP contribution in [0.4, 0.5) is 24.5 Å². The topological polar surface area (TPSA) is 47.3 Å². The van der Waals surface area contributed by atoms with Crippen LogP contribution in [0.25, 0.3) is 0 Å². The molecule has 4 nitrogen and oxygen atoms in total. The summed E-state index contributed by atoms with van der Waals surface area (Å²) >= 11 is 11.6. The van der Waals surface area contributed by atoms with Gasteiger partial charge in [-0.2, -0.15) is 18.4 Å². The maximum atomic E-state index is 13.4. The average molecular weight is 438 g/mol. The number of nitrogens with zero attached hydrogens (tertiary/aromatic N) is 3. The van der Waals surface area contributed by atoms with Crippen molar-refractivity contribution in [1.82, 2.24) is 0 Å². The van der Waals surface area contributed by atoms with Crippen LogP contribution in [0.2, 0.25) is 0 Å². The third-order valence-corrected chi connectivity index (χ3v) is 5.67. The van der Waals surface area contributed by atoms with Crippen LogP contribution in [0.1, 0.15) is 23.6 Å². The van der Waals surface area contributed by atoms with Gasteiger partial charge in [0.25, 0.3) is 5.91 Å². The summed E-state index contributed by atoms with van der Waals surface area (Å²) in [6.07, 6.45) is -4.75. The SMILES string of the molecule is Cc1ccc(N2C(=S)N(c3ccc(C#N)c(C(F)(F)F)c3)C(=O)C2(C)CCl)cc1. The highest BCUT2D eigenvalue weighted by Crippen LogP contribution is 2.40. The fraction of sp³-hybridized carbons (Fsp3) is 0.250. The van der Waals surface area contributed by atoms with Crippen LogP contribution in [-0.4, -0.2) is 22.4 Å². The van der Waals surface area contributed by atoms with E-state index in [2.05, 4.69) is 0 Å². The molecule has 1 amide bonds. The minimum absolute atomic E-state index is 0.0137. The molecule has 1 fully saturated rings. The van der Waals surface area contributed by atoms with Gasteiger partial charge in [-0.25, -0.2) is 0 Å². The van der Waals surface area contributed by atoms with Gasteiger partial charge in [-0.3, -0.25) is 9.69 Å². The summed E-state index contributed by atoms with van der Waals surface area (Å²) in [6, 6.07) is 11.8. The summed E-state index contributed by atoms with van der Waals surface area (Å²) in [6.45, 7) is 3.49. The summed E-state index contributed by atoms with van der Waals surface area (Å²) in [7, 11) is 0. The Bertz CT molecular complexity index is 1030. The number of nitriles is 1. The van der Waals surface area contributed by atoms with E-state index in [-0.39, 0.29) is 16.7 Å². The first-order valence-corrected chi connectivity index (χ1v) is 9.41. The molecule has 1 unspecified atom stereocenters. The van der Waals surface area contributed by atoms with Crippen molar-refractivity contribution in [3.63, 3.8) is 0 Å². The molecule has 1 atom stereocenters. The maximum absolute atomic E-state index is 13.4. The molecule has 150 valence electrons. The number of hydrogen-bond acceptors (Lipinski definition) is 3. The van der Waals surface area contributed by atoms with Gasteiger partial charge < -0.3 is 4.90 Å². The van der Waals surface area contributed by atoms with E-state index in [0.717, 1.165) is 22.6 Å². The van der Waals surface area contributed by atoms with E-state index in [1.54, 1.807) is 24.0 Å². The lowest BCUT2D eigenvalue weighted by Gasteiger charge is -2.31. The number of thiocarbonyl (C=S) groups is 1. The number of rotatable bonds is 3. The van der Waals surface area contributed by atoms with Crippen LogP contribution >= 0.6 is 23.8 Å². The molecule has 0 saturated carbocycles. The minimum Gasteiger partial charge on any atom is -0.302 e. The van der Waals surface area contributed by atoms with Crippen LogP contribution < -0.4 is 9.80 Å². The predicted octanol–water partition coefficient (Wildman–Crippen LogP) is 5.02. The van der Waals surface area contributed by atoms with E-state index < -0.39 is 28.7 Å². The Balaban J connectivity index is 2.14. The molecule has 0 bridgehead atoms. The second kappa shape index (κ2) is 7.32. The molecule has 0 aromatic heterocycles. The Morgan fingerprint density at radius 3 is 2.28 bits per heavy atom. The van der Waals surface area contributed by atoms with Crippen molar-refractivity contribution in [2.75, 3.05) is 15.7 Å². The Labute approximate surface area is 176 Å². The standard InChI is InChI=1S/C20H15ClF3N3OS/c1-12-3-6-14(7-4-12)27-18(29)26(17(28)19(27,2)11-21)15-8-5-13(10-25)16(9-15)20(22,23)24/h3-9H,11H2,1-2H3. The first-order chi connectivity index (χ1) is 13.5. The van der Waals surface area contributed by atoms with E-state index in [1.165, 1.54) is 12.1 Å². The summed E-state index contributed by atoms with van der Waals surface area (Å²) < 4.78 is 40.1. The summed E-state index contributed by atoms with van der Waals surface area (Å²) in [4.78, 5) is 15.8. The van der Waals surface area contributed by atoms with Gasteiger partial charge in [0.2, 0.25) is 0 Å². The van der Waals surface area contributed by atoms with E-state index >= 15 is 0 Å². The monoisotopic (exact) mass is 437 g/mol. The Hall–Kier alpha value is -2.63. The van der Waals surface area contributed by atoms with Gasteiger partial charge in [0.15, 0.2) is 5.11 Å². The molecule has 3 rings (SSSR count). The number of alkyl halides is 4. The van der Waals surface area contributed by atoms with Crippen LogP contribution in [0.15, 0.2) is 42.5 Å². The van der Waals surface area contributed by atoms with Gasteiger partial charge in [-0.1, -0.05) is 17.7 Å². The van der Waals surface area contributed by atoms with Gasteiger partial charge >= 0.3 is 6.18 Å². The molecule has 1 aliphatic rings. The third-order valence-electron chi connectivity index (χ3n) is 4.78. The zero-order valence-corrected chi connectivity index (χ0v) is 17.0. The van der Waals surface area contributed by atoms with Crippen molar-refractivity contribution < 1.29 is 18.0 Å². The summed E-state index contributed by atoms with van der Waals surface area (Å²) in [5.74, 6) is -0.672. The second-order valence-electron chi connectivity index (χ2n) is 6.84. The van der Waals surface area contributed by atoms with Gasteiger partial charge in [-0.05, 0) is 56.4 Å². The number of halogens is 4. The number of benzene rings is 2. The minimum atomic E-state index is -4.75. The van der Waals surface area contributed by atoms with Crippen molar-refractivity contribution in [2.24, 2.45) is 0 Å². The van der Waals surface area contributed by atoms with Crippen LogP contribution in [0.3, 0.4) is 0 Å². The molecule has 0 radical (unpaired) electrons. The largest absolute Gasteiger partial charge is 0.417 e. The first kappa shape index (κ1) is 21.1. The normalized spacial score (nSPS) is 19.6. The van der Waals surface area contributed by atoms with Crippen LogP contribution in [0, 0.1) is 18.3 Å². The summed E-state index contributed by atoms with van der Waals surface area (Å²) in [5.41, 5.74) is -1.41. The maximum Gasteiger partial charge on any atom is 0.417 e. The van der Waals surface area contributed by atoms with Crippen molar-refractivity contribution in [1.29, 1.82) is 5.26 Å². The van der Waals surface area contributed by atoms with E-state index in [0.29, 0.717) is 5.69 Å². The van der Waals surface area contributed by atoms with E-state index in [4.69, 9.17) is 29.1 Å². The molecule has 2 aromatic rings. The Kier molecular flexibility index (Phi) is 5.32. The van der Waals surface area contributed by atoms with Crippen molar-refractivity contribution >= 4 is 46.2 Å². The molecule has 9 heteroatoms. The lowest BCUT2D eigenvalue weighted by molar-refractivity contribution is -0.137. The molecule has 1 aliphatic heterocycles. The molecular weight excluding hydrogens is 423 g/mol. The number of carbonyl (C=O) groups excluding carboxylic acids is 1. The van der Waals surface area contributed by atoms with Crippen molar-refractivity contribution in [3.8, 4) is 6.07 Å². The zero-order chi connectivity index (χ0) is 21.6. The van der Waals surface area contributed by atoms with E-state index in [9.17, 15) is 18.0 Å². The van der Waals surface area contributed by atoms with Gasteiger partial charge in [0, 0.05) is 5.69 Å². The lowest BCUT2D eigenvalue weighted by atomic mass is 10.0. The fourth-order valence-corrected chi connectivity index (χ4v) is 3.90. The van der Waals surface area contributed by atoms with Crippen molar-refractivity contribution in [3.05, 3.63) is 59.2 Å². The molecule has 0 aliphatic carbocycles. The average Bonchev–Trinajstić information content (AvgIpc) is 2.88.